The molecule has 4 aliphatic carbocycles. The van der Waals surface area contributed by atoms with Gasteiger partial charge in [-0.25, -0.2) is 0 Å². The Morgan fingerprint density at radius 3 is 2.52 bits per heavy atom. The van der Waals surface area contributed by atoms with Gasteiger partial charge in [0.05, 0.1) is 0 Å². The minimum Gasteiger partial charge on any atom is -0.462 e. The lowest BCUT2D eigenvalue weighted by Gasteiger charge is -2.60. The largest absolute Gasteiger partial charge is 0.462 e. The highest BCUT2D eigenvalue weighted by Gasteiger charge is 2.63. The first-order valence-electron chi connectivity index (χ1n) is 10.6. The molecule has 0 aromatic rings. The van der Waals surface area contributed by atoms with Crippen molar-refractivity contribution in [2.45, 2.75) is 78.7 Å². The van der Waals surface area contributed by atoms with Crippen molar-refractivity contribution in [1.82, 2.24) is 0 Å². The molecule has 4 aliphatic rings. The fourth-order valence-corrected chi connectivity index (χ4v) is 7.64. The number of Topliss-reactive ketones (excluding diaryl/α,β-unsaturated/α-hetero) is 1. The van der Waals surface area contributed by atoms with Crippen LogP contribution in [-0.2, 0) is 19.1 Å². The number of carbonyl (C=O) groups excluding carboxylic acids is 3. The number of rotatable bonds is 2. The second-order valence-electron chi connectivity index (χ2n) is 9.99. The van der Waals surface area contributed by atoms with E-state index in [0.29, 0.717) is 18.3 Å². The van der Waals surface area contributed by atoms with Gasteiger partial charge >= 0.3 is 5.97 Å². The van der Waals surface area contributed by atoms with E-state index in [2.05, 4.69) is 13.8 Å². The summed E-state index contributed by atoms with van der Waals surface area (Å²) < 4.78 is 5.94. The monoisotopic (exact) mass is 372 g/mol. The Hall–Kier alpha value is -1.45. The Balaban J connectivity index is 1.77. The van der Waals surface area contributed by atoms with Gasteiger partial charge in [-0.05, 0) is 74.2 Å². The molecular weight excluding hydrogens is 340 g/mol. The van der Waals surface area contributed by atoms with E-state index in [1.165, 1.54) is 12.5 Å². The first-order chi connectivity index (χ1) is 12.7. The number of hydrogen-bond acceptors (Lipinski definition) is 4. The minimum atomic E-state index is -0.232. The molecule has 0 unspecified atom stereocenters. The van der Waals surface area contributed by atoms with Gasteiger partial charge in [-0.2, -0.15) is 0 Å². The molecule has 0 spiro atoms. The van der Waals surface area contributed by atoms with Crippen molar-refractivity contribution < 1.29 is 19.1 Å². The average molecular weight is 373 g/mol. The average Bonchev–Trinajstić information content (AvgIpc) is 2.91. The molecule has 0 bridgehead atoms. The summed E-state index contributed by atoms with van der Waals surface area (Å²) in [6.45, 7) is 7.77. The minimum absolute atomic E-state index is 0.0629. The summed E-state index contributed by atoms with van der Waals surface area (Å²) in [6, 6.07) is 0. The zero-order valence-corrected chi connectivity index (χ0v) is 17.0. The van der Waals surface area contributed by atoms with Crippen LogP contribution < -0.4 is 0 Å². The topological polar surface area (TPSA) is 60.4 Å². The molecule has 0 aromatic heterocycles. The van der Waals surface area contributed by atoms with Gasteiger partial charge in [-0.15, -0.1) is 0 Å². The van der Waals surface area contributed by atoms with Crippen LogP contribution >= 0.6 is 0 Å². The Morgan fingerprint density at radius 1 is 1.11 bits per heavy atom. The molecule has 0 aromatic carbocycles. The predicted molar refractivity (Wildman–Crippen MR) is 102 cm³/mol. The fourth-order valence-electron chi connectivity index (χ4n) is 7.64. The molecule has 3 fully saturated rings. The van der Waals surface area contributed by atoms with E-state index in [1.807, 2.05) is 6.08 Å². The first kappa shape index (κ1) is 18.9. The van der Waals surface area contributed by atoms with E-state index in [1.54, 1.807) is 6.92 Å². The molecule has 0 radical (unpaired) electrons. The van der Waals surface area contributed by atoms with Crippen LogP contribution in [0.5, 0.6) is 0 Å². The van der Waals surface area contributed by atoms with Crippen LogP contribution in [0.3, 0.4) is 0 Å². The van der Waals surface area contributed by atoms with Crippen molar-refractivity contribution >= 4 is 17.5 Å². The van der Waals surface area contributed by atoms with Crippen molar-refractivity contribution in [2.75, 3.05) is 0 Å². The summed E-state index contributed by atoms with van der Waals surface area (Å²) in [6.07, 6.45) is 8.02. The van der Waals surface area contributed by atoms with Crippen molar-refractivity contribution in [1.29, 1.82) is 0 Å². The maximum Gasteiger partial charge on any atom is 0.302 e. The van der Waals surface area contributed by atoms with E-state index in [-0.39, 0.29) is 46.3 Å². The van der Waals surface area contributed by atoms with E-state index >= 15 is 0 Å². The summed E-state index contributed by atoms with van der Waals surface area (Å²) >= 11 is 0. The molecule has 0 heterocycles. The third-order valence-corrected chi connectivity index (χ3v) is 8.68. The third-order valence-electron chi connectivity index (χ3n) is 8.68. The van der Waals surface area contributed by atoms with Crippen LogP contribution in [-0.4, -0.2) is 23.6 Å². The van der Waals surface area contributed by atoms with Gasteiger partial charge in [0.25, 0.3) is 0 Å². The van der Waals surface area contributed by atoms with Gasteiger partial charge in [0, 0.05) is 25.2 Å². The maximum absolute atomic E-state index is 12.4. The summed E-state index contributed by atoms with van der Waals surface area (Å²) in [5.74, 6) is 1.61. The SMILES string of the molecule is CC(=O)O[C@@H]1C[C@]2(C)[C@H](C(C)=O)CC[C@H]2[C@@H]2CCC3=CC(=O)CC[C@]3(C)[C@@H]21. The first-order valence-corrected chi connectivity index (χ1v) is 10.6. The van der Waals surface area contributed by atoms with Gasteiger partial charge in [-0.3, -0.25) is 14.4 Å². The molecular formula is C23H32O4. The smallest absolute Gasteiger partial charge is 0.302 e. The van der Waals surface area contributed by atoms with Crippen LogP contribution in [0.25, 0.3) is 0 Å². The van der Waals surface area contributed by atoms with Gasteiger partial charge in [0.15, 0.2) is 5.78 Å². The highest BCUT2D eigenvalue weighted by molar-refractivity contribution is 5.91. The molecule has 4 rings (SSSR count). The van der Waals surface area contributed by atoms with E-state index in [0.717, 1.165) is 38.5 Å². The lowest BCUT2D eigenvalue weighted by Crippen LogP contribution is -2.57. The Kier molecular flexibility index (Phi) is 4.40. The summed E-state index contributed by atoms with van der Waals surface area (Å²) in [5, 5.41) is 0. The molecule has 148 valence electrons. The maximum atomic E-state index is 12.4. The van der Waals surface area contributed by atoms with Crippen molar-refractivity contribution in [3.8, 4) is 0 Å². The van der Waals surface area contributed by atoms with E-state index in [4.69, 9.17) is 4.74 Å². The van der Waals surface area contributed by atoms with Gasteiger partial charge < -0.3 is 4.74 Å². The molecule has 3 saturated carbocycles. The van der Waals surface area contributed by atoms with Gasteiger partial charge in [0.1, 0.15) is 11.9 Å². The lowest BCUT2D eigenvalue weighted by molar-refractivity contribution is -0.176. The zero-order chi connectivity index (χ0) is 19.6. The fraction of sp³-hybridized carbons (Fsp3) is 0.783. The van der Waals surface area contributed by atoms with Crippen molar-refractivity contribution in [2.24, 2.45) is 34.5 Å². The predicted octanol–water partition coefficient (Wildman–Crippen LogP) is 4.27. The van der Waals surface area contributed by atoms with Gasteiger partial charge in [0.2, 0.25) is 0 Å². The number of esters is 1. The number of hydrogen-bond donors (Lipinski definition) is 0. The van der Waals surface area contributed by atoms with Crippen LogP contribution in [0, 0.1) is 34.5 Å². The number of ether oxygens (including phenoxy) is 1. The van der Waals surface area contributed by atoms with Gasteiger partial charge in [-0.1, -0.05) is 19.4 Å². The second-order valence-corrected chi connectivity index (χ2v) is 9.99. The third kappa shape index (κ3) is 2.74. The lowest BCUT2D eigenvalue weighted by atomic mass is 9.46. The van der Waals surface area contributed by atoms with Crippen LogP contribution in [0.2, 0.25) is 0 Å². The number of fused-ring (bicyclic) bond motifs is 5. The zero-order valence-electron chi connectivity index (χ0n) is 17.0. The Bertz CT molecular complexity index is 722. The van der Waals surface area contributed by atoms with E-state index < -0.39 is 0 Å². The highest BCUT2D eigenvalue weighted by Crippen LogP contribution is 2.67. The summed E-state index contributed by atoms with van der Waals surface area (Å²) in [7, 11) is 0. The Morgan fingerprint density at radius 2 is 1.85 bits per heavy atom. The van der Waals surface area contributed by atoms with Crippen LogP contribution in [0.1, 0.15) is 72.6 Å². The standard InChI is InChI=1S/C23H32O4/c1-13(24)18-7-8-19-17-6-5-15-11-16(26)9-10-22(15,3)21(17)20(27-14(2)25)12-23(18,19)4/h11,17-21H,5-10,12H2,1-4H3/t17-,18-,19-,20+,21-,22-,23+/m0/s1. The molecule has 0 N–H and O–H groups in total. The second kappa shape index (κ2) is 6.28. The normalized spacial score (nSPS) is 46.0. The molecule has 0 aliphatic heterocycles. The van der Waals surface area contributed by atoms with E-state index in [9.17, 15) is 14.4 Å². The number of ketones is 2. The quantitative estimate of drug-likeness (QED) is 0.679. The van der Waals surface area contributed by atoms with Crippen LogP contribution in [0.15, 0.2) is 11.6 Å². The number of carbonyl (C=O) groups is 3. The molecule has 7 atom stereocenters. The molecule has 4 nitrogen and oxygen atoms in total. The summed E-state index contributed by atoms with van der Waals surface area (Å²) in [5.41, 5.74) is 1.13. The highest BCUT2D eigenvalue weighted by atomic mass is 16.5. The summed E-state index contributed by atoms with van der Waals surface area (Å²) in [4.78, 5) is 36.4. The number of allylic oxidation sites excluding steroid dienone is 1. The van der Waals surface area contributed by atoms with Crippen molar-refractivity contribution in [3.05, 3.63) is 11.6 Å². The molecule has 0 saturated heterocycles. The molecule has 27 heavy (non-hydrogen) atoms. The van der Waals surface area contributed by atoms with Crippen LogP contribution in [0.4, 0.5) is 0 Å². The molecule has 0 amide bonds. The van der Waals surface area contributed by atoms with Crippen molar-refractivity contribution in [3.63, 3.8) is 0 Å². The Labute approximate surface area is 162 Å². The molecule has 4 heteroatoms.